The summed E-state index contributed by atoms with van der Waals surface area (Å²) in [6.45, 7) is 0.535. The van der Waals surface area contributed by atoms with E-state index in [1.807, 2.05) is 30.7 Å². The van der Waals surface area contributed by atoms with Crippen molar-refractivity contribution in [1.29, 1.82) is 0 Å². The van der Waals surface area contributed by atoms with Crippen LogP contribution in [0.15, 0.2) is 36.8 Å². The van der Waals surface area contributed by atoms with Crippen LogP contribution in [0.5, 0.6) is 5.75 Å². The SMILES string of the molecule is COc1ccccc1N(C)C(CN)c1cncn1C1CC1. The molecule has 0 saturated heterocycles. The maximum absolute atomic E-state index is 6.06. The quantitative estimate of drug-likeness (QED) is 0.885. The highest BCUT2D eigenvalue weighted by atomic mass is 16.5. The maximum Gasteiger partial charge on any atom is 0.142 e. The van der Waals surface area contributed by atoms with Crippen LogP contribution in [0, 0.1) is 0 Å². The predicted molar refractivity (Wildman–Crippen MR) is 83.7 cm³/mol. The van der Waals surface area contributed by atoms with E-state index in [1.165, 1.54) is 18.5 Å². The minimum atomic E-state index is 0.0874. The first-order valence-electron chi connectivity index (χ1n) is 7.34. The van der Waals surface area contributed by atoms with Crippen molar-refractivity contribution in [1.82, 2.24) is 9.55 Å². The minimum absolute atomic E-state index is 0.0874. The number of nitrogens with two attached hydrogens (primary N) is 1. The van der Waals surface area contributed by atoms with Gasteiger partial charge in [0, 0.05) is 19.6 Å². The summed E-state index contributed by atoms with van der Waals surface area (Å²) < 4.78 is 7.73. The van der Waals surface area contributed by atoms with Gasteiger partial charge in [-0.3, -0.25) is 0 Å². The van der Waals surface area contributed by atoms with E-state index in [1.54, 1.807) is 7.11 Å². The number of likely N-dealkylation sites (N-methyl/N-ethyl adjacent to an activating group) is 1. The molecule has 1 aromatic heterocycles. The third-order valence-electron chi connectivity index (χ3n) is 4.13. The molecule has 5 nitrogen and oxygen atoms in total. The van der Waals surface area contributed by atoms with Gasteiger partial charge < -0.3 is 19.9 Å². The number of hydrogen-bond acceptors (Lipinski definition) is 4. The van der Waals surface area contributed by atoms with Crippen LogP contribution in [0.25, 0.3) is 0 Å². The van der Waals surface area contributed by atoms with Crippen molar-refractivity contribution in [2.45, 2.75) is 24.9 Å². The number of anilines is 1. The Morgan fingerprint density at radius 1 is 1.43 bits per heavy atom. The van der Waals surface area contributed by atoms with E-state index in [0.29, 0.717) is 12.6 Å². The number of rotatable bonds is 6. The second-order valence-corrected chi connectivity index (χ2v) is 5.49. The largest absolute Gasteiger partial charge is 0.495 e. The Morgan fingerprint density at radius 2 is 2.19 bits per heavy atom. The monoisotopic (exact) mass is 286 g/mol. The van der Waals surface area contributed by atoms with Gasteiger partial charge in [0.2, 0.25) is 0 Å². The van der Waals surface area contributed by atoms with Crippen molar-refractivity contribution in [2.24, 2.45) is 5.73 Å². The van der Waals surface area contributed by atoms with Gasteiger partial charge in [0.1, 0.15) is 5.75 Å². The normalized spacial score (nSPS) is 15.8. The first-order chi connectivity index (χ1) is 10.3. The van der Waals surface area contributed by atoms with Crippen LogP contribution in [0.3, 0.4) is 0 Å². The highest BCUT2D eigenvalue weighted by molar-refractivity contribution is 5.59. The van der Waals surface area contributed by atoms with Gasteiger partial charge in [0.15, 0.2) is 0 Å². The third-order valence-corrected chi connectivity index (χ3v) is 4.13. The topological polar surface area (TPSA) is 56.3 Å². The van der Waals surface area contributed by atoms with Gasteiger partial charge in [-0.25, -0.2) is 4.98 Å². The number of aromatic nitrogens is 2. The zero-order valence-electron chi connectivity index (χ0n) is 12.6. The fourth-order valence-electron chi connectivity index (χ4n) is 2.80. The lowest BCUT2D eigenvalue weighted by Gasteiger charge is -2.30. The van der Waals surface area contributed by atoms with Gasteiger partial charge in [0.25, 0.3) is 0 Å². The fraction of sp³-hybridized carbons (Fsp3) is 0.438. The summed E-state index contributed by atoms with van der Waals surface area (Å²) in [4.78, 5) is 6.50. The van der Waals surface area contributed by atoms with Gasteiger partial charge in [-0.1, -0.05) is 12.1 Å². The molecule has 0 spiro atoms. The molecule has 1 saturated carbocycles. The summed E-state index contributed by atoms with van der Waals surface area (Å²) >= 11 is 0. The van der Waals surface area contributed by atoms with Gasteiger partial charge in [-0.05, 0) is 25.0 Å². The average molecular weight is 286 g/mol. The first kappa shape index (κ1) is 13.9. The highest BCUT2D eigenvalue weighted by Gasteiger charge is 2.29. The second kappa shape index (κ2) is 5.77. The molecule has 5 heteroatoms. The van der Waals surface area contributed by atoms with E-state index in [0.717, 1.165) is 11.4 Å². The maximum atomic E-state index is 6.06. The number of ether oxygens (including phenoxy) is 1. The average Bonchev–Trinajstić information content (AvgIpc) is 3.26. The Hall–Kier alpha value is -2.01. The summed E-state index contributed by atoms with van der Waals surface area (Å²) in [7, 11) is 3.75. The van der Waals surface area contributed by atoms with E-state index < -0.39 is 0 Å². The van der Waals surface area contributed by atoms with Crippen molar-refractivity contribution in [2.75, 3.05) is 25.6 Å². The Morgan fingerprint density at radius 3 is 2.86 bits per heavy atom. The van der Waals surface area contributed by atoms with E-state index in [-0.39, 0.29) is 6.04 Å². The van der Waals surface area contributed by atoms with E-state index in [4.69, 9.17) is 10.5 Å². The molecule has 1 aliphatic rings. The molecule has 1 aromatic carbocycles. The lowest BCUT2D eigenvalue weighted by atomic mass is 10.1. The smallest absolute Gasteiger partial charge is 0.142 e. The molecule has 1 atom stereocenters. The van der Waals surface area contributed by atoms with Crippen LogP contribution in [-0.2, 0) is 0 Å². The fourth-order valence-corrected chi connectivity index (χ4v) is 2.80. The molecule has 0 bridgehead atoms. The number of para-hydroxylation sites is 2. The molecule has 1 aliphatic carbocycles. The van der Waals surface area contributed by atoms with Gasteiger partial charge >= 0.3 is 0 Å². The predicted octanol–water partition coefficient (Wildman–Crippen LogP) is 2.36. The van der Waals surface area contributed by atoms with E-state index in [9.17, 15) is 0 Å². The van der Waals surface area contributed by atoms with E-state index >= 15 is 0 Å². The summed E-state index contributed by atoms with van der Waals surface area (Å²) in [6.07, 6.45) is 6.32. The number of methoxy groups -OCH3 is 1. The Kier molecular flexibility index (Phi) is 3.84. The lowest BCUT2D eigenvalue weighted by molar-refractivity contribution is 0.413. The van der Waals surface area contributed by atoms with Gasteiger partial charge in [0.05, 0.1) is 37.1 Å². The summed E-state index contributed by atoms with van der Waals surface area (Å²) in [5, 5.41) is 0. The Balaban J connectivity index is 1.93. The van der Waals surface area contributed by atoms with Gasteiger partial charge in [-0.15, -0.1) is 0 Å². The number of hydrogen-bond donors (Lipinski definition) is 1. The molecule has 112 valence electrons. The standard InChI is InChI=1S/C16H22N4O/c1-19(13-5-3-4-6-16(13)21-2)14(9-17)15-10-18-11-20(15)12-7-8-12/h3-6,10-12,14H,7-9,17H2,1-2H3. The van der Waals surface area contributed by atoms with Crippen molar-refractivity contribution in [3.05, 3.63) is 42.5 Å². The van der Waals surface area contributed by atoms with Crippen LogP contribution in [0.1, 0.15) is 30.6 Å². The number of nitrogens with zero attached hydrogens (tertiary/aromatic N) is 3. The molecule has 0 amide bonds. The first-order valence-corrected chi connectivity index (χ1v) is 7.34. The molecule has 2 aromatic rings. The van der Waals surface area contributed by atoms with Crippen LogP contribution in [0.4, 0.5) is 5.69 Å². The Bertz CT molecular complexity index is 606. The van der Waals surface area contributed by atoms with Crippen molar-refractivity contribution >= 4 is 5.69 Å². The molecule has 21 heavy (non-hydrogen) atoms. The van der Waals surface area contributed by atoms with Crippen molar-refractivity contribution in [3.63, 3.8) is 0 Å². The molecule has 1 fully saturated rings. The molecule has 1 heterocycles. The number of imidazole rings is 1. The number of benzene rings is 1. The molecule has 0 radical (unpaired) electrons. The molecule has 3 rings (SSSR count). The van der Waals surface area contributed by atoms with Crippen molar-refractivity contribution < 1.29 is 4.74 Å². The molecular weight excluding hydrogens is 264 g/mol. The molecule has 0 aliphatic heterocycles. The second-order valence-electron chi connectivity index (χ2n) is 5.49. The van der Waals surface area contributed by atoms with Crippen LogP contribution < -0.4 is 15.4 Å². The minimum Gasteiger partial charge on any atom is -0.495 e. The van der Waals surface area contributed by atoms with E-state index in [2.05, 4.69) is 27.6 Å². The summed E-state index contributed by atoms with van der Waals surface area (Å²) in [5.74, 6) is 0.857. The zero-order chi connectivity index (χ0) is 14.8. The highest BCUT2D eigenvalue weighted by Crippen LogP contribution is 2.39. The summed E-state index contributed by atoms with van der Waals surface area (Å²) in [6, 6.07) is 8.70. The van der Waals surface area contributed by atoms with Crippen molar-refractivity contribution in [3.8, 4) is 5.75 Å². The van der Waals surface area contributed by atoms with Crippen LogP contribution in [0.2, 0.25) is 0 Å². The molecule has 2 N–H and O–H groups in total. The zero-order valence-corrected chi connectivity index (χ0v) is 12.6. The van der Waals surface area contributed by atoms with Crippen LogP contribution in [-0.4, -0.2) is 30.3 Å². The van der Waals surface area contributed by atoms with Crippen LogP contribution >= 0.6 is 0 Å². The molecule has 1 unspecified atom stereocenters. The lowest BCUT2D eigenvalue weighted by Crippen LogP contribution is -2.32. The van der Waals surface area contributed by atoms with Gasteiger partial charge in [-0.2, -0.15) is 0 Å². The third kappa shape index (κ3) is 2.61. The molecular formula is C16H22N4O. The summed E-state index contributed by atoms with van der Waals surface area (Å²) in [5.41, 5.74) is 8.27. The Labute approximate surface area is 125 Å².